The van der Waals surface area contributed by atoms with Gasteiger partial charge in [-0.25, -0.2) is 22.8 Å². The molecular formula is C25H33FN6O5S. The predicted octanol–water partition coefficient (Wildman–Crippen LogP) is 3.84. The van der Waals surface area contributed by atoms with E-state index in [1.54, 1.807) is 17.0 Å². The Morgan fingerprint density at radius 3 is 2.50 bits per heavy atom. The number of aryl methyl sites for hydroxylation is 1. The molecule has 2 unspecified atom stereocenters. The molecule has 0 bridgehead atoms. The highest BCUT2D eigenvalue weighted by Crippen LogP contribution is 2.37. The third-order valence-electron chi connectivity index (χ3n) is 5.92. The Morgan fingerprint density at radius 2 is 1.84 bits per heavy atom. The molecule has 13 heteroatoms. The van der Waals surface area contributed by atoms with Gasteiger partial charge < -0.3 is 14.2 Å². The van der Waals surface area contributed by atoms with Crippen LogP contribution in [0.5, 0.6) is 5.75 Å². The topological polar surface area (TPSA) is 130 Å². The van der Waals surface area contributed by atoms with Crippen LogP contribution in [0.25, 0.3) is 11.4 Å². The van der Waals surface area contributed by atoms with E-state index in [9.17, 15) is 12.8 Å². The Labute approximate surface area is 221 Å². The molecule has 3 aromatic rings. The van der Waals surface area contributed by atoms with Gasteiger partial charge >= 0.3 is 0 Å². The summed E-state index contributed by atoms with van der Waals surface area (Å²) < 4.78 is 63.3. The highest BCUT2D eigenvalue weighted by molar-refractivity contribution is 7.93. The minimum absolute atomic E-state index is 0.0435. The van der Waals surface area contributed by atoms with E-state index in [4.69, 9.17) is 14.2 Å². The second kappa shape index (κ2) is 11.3. The van der Waals surface area contributed by atoms with Gasteiger partial charge in [0.05, 0.1) is 30.4 Å². The van der Waals surface area contributed by atoms with Gasteiger partial charge in [0.1, 0.15) is 29.5 Å². The lowest BCUT2D eigenvalue weighted by molar-refractivity contribution is 0.00151. The van der Waals surface area contributed by atoms with Crippen LogP contribution in [-0.2, 0) is 19.5 Å². The summed E-state index contributed by atoms with van der Waals surface area (Å²) in [7, 11) is -4.11. The number of rotatable bonds is 10. The second-order valence-electron chi connectivity index (χ2n) is 9.78. The van der Waals surface area contributed by atoms with E-state index in [-0.39, 0.29) is 43.0 Å². The van der Waals surface area contributed by atoms with Crippen LogP contribution in [0.4, 0.5) is 10.3 Å². The van der Waals surface area contributed by atoms with Crippen LogP contribution in [0.15, 0.2) is 30.6 Å². The Hall–Kier alpha value is -3.16. The minimum Gasteiger partial charge on any atom is -0.491 e. The van der Waals surface area contributed by atoms with Gasteiger partial charge in [0.15, 0.2) is 11.6 Å². The second-order valence-corrected chi connectivity index (χ2v) is 11.8. The molecule has 2 aromatic heterocycles. The average Bonchev–Trinajstić information content (AvgIpc) is 3.18. The zero-order valence-electron chi connectivity index (χ0n) is 22.3. The molecule has 1 N–H and O–H groups in total. The van der Waals surface area contributed by atoms with Crippen LogP contribution < -0.4 is 9.46 Å². The zero-order chi connectivity index (χ0) is 27.6. The van der Waals surface area contributed by atoms with Crippen LogP contribution in [-0.4, -0.2) is 63.8 Å². The zero-order valence-corrected chi connectivity index (χ0v) is 23.1. The monoisotopic (exact) mass is 548 g/mol. The van der Waals surface area contributed by atoms with E-state index in [1.807, 2.05) is 34.6 Å². The molecule has 0 saturated heterocycles. The first-order valence-corrected chi connectivity index (χ1v) is 14.0. The fourth-order valence-electron chi connectivity index (χ4n) is 3.99. The van der Waals surface area contributed by atoms with Crippen LogP contribution >= 0.6 is 0 Å². The van der Waals surface area contributed by atoms with E-state index in [0.29, 0.717) is 11.3 Å². The van der Waals surface area contributed by atoms with Gasteiger partial charge in [-0.2, -0.15) is 0 Å². The number of nitrogens with zero attached hydrogens (tertiary/aromatic N) is 5. The van der Waals surface area contributed by atoms with Crippen molar-refractivity contribution < 1.29 is 27.0 Å². The van der Waals surface area contributed by atoms with Crippen molar-refractivity contribution in [2.24, 2.45) is 0 Å². The number of halogens is 1. The van der Waals surface area contributed by atoms with Gasteiger partial charge in [-0.15, -0.1) is 10.2 Å². The van der Waals surface area contributed by atoms with E-state index in [1.165, 1.54) is 25.1 Å². The van der Waals surface area contributed by atoms with Crippen molar-refractivity contribution in [3.05, 3.63) is 47.8 Å². The number of nitrogens with one attached hydrogen (secondary N) is 1. The molecule has 1 aromatic carbocycles. The molecule has 1 aliphatic rings. The number of fused-ring (bicyclic) bond motifs is 3. The number of hydrogen-bond acceptors (Lipinski definition) is 9. The molecule has 38 heavy (non-hydrogen) atoms. The number of ether oxygens (including phenoxy) is 3. The molecule has 0 fully saturated rings. The Balaban J connectivity index is 1.72. The summed E-state index contributed by atoms with van der Waals surface area (Å²) in [4.78, 5) is 8.60. The lowest BCUT2D eigenvalue weighted by Gasteiger charge is -2.26. The highest BCUT2D eigenvalue weighted by atomic mass is 32.2. The summed E-state index contributed by atoms with van der Waals surface area (Å²) in [6.07, 6.45) is 1.91. The van der Waals surface area contributed by atoms with Crippen LogP contribution in [0.3, 0.4) is 0 Å². The van der Waals surface area contributed by atoms with E-state index < -0.39 is 33.2 Å². The van der Waals surface area contributed by atoms with Crippen LogP contribution in [0.1, 0.15) is 58.2 Å². The SMILES string of the molecule is Cc1cnc(C(OC(C)C)C(C)S(=O)(=O)Nc2nnc3n2[C@H](COC(C)C)COc2ccc(F)cc2-3)nc1. The van der Waals surface area contributed by atoms with Crippen molar-refractivity contribution in [1.82, 2.24) is 24.7 Å². The summed E-state index contributed by atoms with van der Waals surface area (Å²) in [6, 6.07) is 3.59. The van der Waals surface area contributed by atoms with E-state index in [2.05, 4.69) is 24.9 Å². The van der Waals surface area contributed by atoms with Crippen molar-refractivity contribution in [1.29, 1.82) is 0 Å². The van der Waals surface area contributed by atoms with Gasteiger partial charge in [-0.05, 0) is 65.3 Å². The highest BCUT2D eigenvalue weighted by Gasteiger charge is 2.37. The summed E-state index contributed by atoms with van der Waals surface area (Å²) in [5.41, 5.74) is 1.20. The van der Waals surface area contributed by atoms with Gasteiger partial charge in [-0.1, -0.05) is 0 Å². The summed E-state index contributed by atoms with van der Waals surface area (Å²) in [5, 5.41) is 7.24. The molecule has 4 rings (SSSR count). The largest absolute Gasteiger partial charge is 0.491 e. The van der Waals surface area contributed by atoms with Gasteiger partial charge in [0, 0.05) is 12.4 Å². The molecule has 3 heterocycles. The Kier molecular flexibility index (Phi) is 8.28. The van der Waals surface area contributed by atoms with Crippen LogP contribution in [0.2, 0.25) is 0 Å². The quantitative estimate of drug-likeness (QED) is 0.402. The molecule has 11 nitrogen and oxygen atoms in total. The summed E-state index contributed by atoms with van der Waals surface area (Å²) >= 11 is 0. The van der Waals surface area contributed by atoms with Gasteiger partial charge in [0.2, 0.25) is 16.0 Å². The molecule has 206 valence electrons. The number of benzene rings is 1. The molecule has 0 aliphatic carbocycles. The fraction of sp³-hybridized carbons (Fsp3) is 0.520. The molecule has 3 atom stereocenters. The summed E-state index contributed by atoms with van der Waals surface area (Å²) in [5.74, 6) is 0.399. The van der Waals surface area contributed by atoms with E-state index in [0.717, 1.165) is 5.56 Å². The number of aromatic nitrogens is 5. The third kappa shape index (κ3) is 6.11. The van der Waals surface area contributed by atoms with Crippen molar-refractivity contribution in [3.63, 3.8) is 0 Å². The molecule has 1 aliphatic heterocycles. The Bertz CT molecular complexity index is 1360. The Morgan fingerprint density at radius 1 is 1.13 bits per heavy atom. The van der Waals surface area contributed by atoms with Gasteiger partial charge in [0.25, 0.3) is 0 Å². The van der Waals surface area contributed by atoms with Crippen molar-refractivity contribution in [2.75, 3.05) is 17.9 Å². The van der Waals surface area contributed by atoms with Gasteiger partial charge in [-0.3, -0.25) is 9.29 Å². The maximum Gasteiger partial charge on any atom is 0.240 e. The standard InChI is InChI=1S/C25H33FN6O5S/c1-14(2)35-12-19-13-36-21-8-7-18(26)9-20(21)24-29-30-25(32(19)24)31-38(33,34)17(6)22(37-15(3)4)23-27-10-16(5)11-28-23/h7-11,14-15,17,19,22H,12-13H2,1-6H3,(H,30,31)/t17?,19-,22?/m1/s1. The maximum atomic E-state index is 14.2. The molecular weight excluding hydrogens is 515 g/mol. The first-order chi connectivity index (χ1) is 18.0. The fourth-order valence-corrected chi connectivity index (χ4v) is 5.08. The minimum atomic E-state index is -4.11. The van der Waals surface area contributed by atoms with Crippen LogP contribution in [0, 0.1) is 12.7 Å². The molecule has 0 amide bonds. The number of anilines is 1. The summed E-state index contributed by atoms with van der Waals surface area (Å²) in [6.45, 7) is 11.1. The third-order valence-corrected chi connectivity index (χ3v) is 7.61. The van der Waals surface area contributed by atoms with E-state index >= 15 is 0 Å². The first-order valence-electron chi connectivity index (χ1n) is 12.4. The average molecular weight is 549 g/mol. The molecule has 0 saturated carbocycles. The molecule has 0 radical (unpaired) electrons. The van der Waals surface area contributed by atoms with Crippen molar-refractivity contribution in [3.8, 4) is 17.1 Å². The lowest BCUT2D eigenvalue weighted by Crippen LogP contribution is -2.35. The smallest absolute Gasteiger partial charge is 0.240 e. The normalized spacial score (nSPS) is 16.9. The molecule has 0 spiro atoms. The predicted molar refractivity (Wildman–Crippen MR) is 139 cm³/mol. The van der Waals surface area contributed by atoms with Crippen molar-refractivity contribution >= 4 is 16.0 Å². The number of sulfonamides is 1. The van der Waals surface area contributed by atoms with Crippen molar-refractivity contribution in [2.45, 2.75) is 71.1 Å². The number of hydrogen-bond donors (Lipinski definition) is 1. The lowest BCUT2D eigenvalue weighted by atomic mass is 10.2. The maximum absolute atomic E-state index is 14.2. The first kappa shape index (κ1) is 27.9.